The fourth-order valence-electron chi connectivity index (χ4n) is 3.10. The molecule has 1 aliphatic carbocycles. The zero-order valence-electron chi connectivity index (χ0n) is 11.2. The summed E-state index contributed by atoms with van der Waals surface area (Å²) in [5.41, 5.74) is 3.27. The van der Waals surface area contributed by atoms with E-state index >= 15 is 0 Å². The Bertz CT molecular complexity index is 497. The maximum atomic E-state index is 11.6. The predicted molar refractivity (Wildman–Crippen MR) is 77.5 cm³/mol. The molecule has 0 radical (unpaired) electrons. The van der Waals surface area contributed by atoms with Crippen molar-refractivity contribution < 1.29 is 4.79 Å². The van der Waals surface area contributed by atoms with E-state index in [1.165, 1.54) is 31.2 Å². The van der Waals surface area contributed by atoms with Gasteiger partial charge in [0.2, 0.25) is 0 Å². The number of rotatable bonds is 2. The zero-order valence-corrected chi connectivity index (χ0v) is 11.9. The van der Waals surface area contributed by atoms with E-state index < -0.39 is 0 Å². The number of hydrogen-bond donors (Lipinski definition) is 1. The second-order valence-corrected chi connectivity index (χ2v) is 6.12. The van der Waals surface area contributed by atoms with E-state index in [2.05, 4.69) is 17.4 Å². The molecule has 1 aromatic carbocycles. The number of hydrogen-bond acceptors (Lipinski definition) is 1. The van der Waals surface area contributed by atoms with Crippen molar-refractivity contribution in [2.45, 2.75) is 37.6 Å². The van der Waals surface area contributed by atoms with Crippen LogP contribution in [0.1, 0.15) is 42.2 Å². The van der Waals surface area contributed by atoms with Crippen LogP contribution in [0.5, 0.6) is 0 Å². The van der Waals surface area contributed by atoms with Crippen LogP contribution in [0, 0.1) is 5.92 Å². The molecule has 1 fully saturated rings. The summed E-state index contributed by atoms with van der Waals surface area (Å²) < 4.78 is 0. The summed E-state index contributed by atoms with van der Waals surface area (Å²) in [7, 11) is 1.81. The monoisotopic (exact) mass is 278 g/mol. The summed E-state index contributed by atoms with van der Waals surface area (Å²) in [6.45, 7) is 0.656. The molecule has 2 amide bonds. The Balaban J connectivity index is 1.84. The van der Waals surface area contributed by atoms with Crippen LogP contribution in [0.25, 0.3) is 0 Å². The summed E-state index contributed by atoms with van der Waals surface area (Å²) in [6.07, 6.45) is 5.08. The maximum absolute atomic E-state index is 11.6. The number of nitrogens with zero attached hydrogens (tertiary/aromatic N) is 1. The maximum Gasteiger partial charge on any atom is 0.321 e. The smallest absolute Gasteiger partial charge is 0.321 e. The van der Waals surface area contributed by atoms with Crippen LogP contribution in [0.2, 0.25) is 0 Å². The van der Waals surface area contributed by atoms with E-state index in [-0.39, 0.29) is 11.4 Å². The van der Waals surface area contributed by atoms with Gasteiger partial charge in [-0.3, -0.25) is 0 Å². The lowest BCUT2D eigenvalue weighted by Crippen LogP contribution is -2.35. The van der Waals surface area contributed by atoms with Gasteiger partial charge in [-0.25, -0.2) is 4.79 Å². The van der Waals surface area contributed by atoms with Crippen LogP contribution < -0.4 is 5.32 Å². The quantitative estimate of drug-likeness (QED) is 0.811. The third-order valence-electron chi connectivity index (χ3n) is 4.26. The minimum atomic E-state index is -0.0431. The number of fused-ring (bicyclic) bond motifs is 1. The average molecular weight is 279 g/mol. The van der Waals surface area contributed by atoms with Gasteiger partial charge in [0.1, 0.15) is 0 Å². The van der Waals surface area contributed by atoms with Crippen LogP contribution in [-0.4, -0.2) is 18.0 Å². The third-order valence-corrected chi connectivity index (χ3v) is 4.87. The molecular weight excluding hydrogens is 260 g/mol. The Morgan fingerprint density at radius 1 is 1.37 bits per heavy atom. The first-order valence-electron chi connectivity index (χ1n) is 6.94. The minimum absolute atomic E-state index is 0.0431. The van der Waals surface area contributed by atoms with Gasteiger partial charge in [0.05, 0.1) is 5.38 Å². The molecule has 1 heterocycles. The van der Waals surface area contributed by atoms with Gasteiger partial charge in [-0.15, -0.1) is 11.6 Å². The molecule has 1 atom stereocenters. The first-order chi connectivity index (χ1) is 9.15. The standard InChI is InChI=1S/C15H19ClN2O/c1-18-9-12-8-11(6-7-13(12)17-15(18)19)14(16)10-4-2-3-5-10/h6-8,10,14H,2-5,9H2,1H3,(H,17,19). The molecule has 0 spiro atoms. The SMILES string of the molecule is CN1Cc2cc(C(Cl)C3CCCC3)ccc2NC1=O. The Morgan fingerprint density at radius 2 is 2.11 bits per heavy atom. The molecule has 0 aromatic heterocycles. The lowest BCUT2D eigenvalue weighted by Gasteiger charge is -2.27. The molecule has 3 nitrogen and oxygen atoms in total. The van der Waals surface area contributed by atoms with Gasteiger partial charge in [0, 0.05) is 19.3 Å². The second-order valence-electron chi connectivity index (χ2n) is 5.65. The predicted octanol–water partition coefficient (Wildman–Crippen LogP) is 4.13. The highest BCUT2D eigenvalue weighted by molar-refractivity contribution is 6.21. The molecule has 1 unspecified atom stereocenters. The largest absolute Gasteiger partial charge is 0.323 e. The number of benzene rings is 1. The van der Waals surface area contributed by atoms with Crippen molar-refractivity contribution in [3.05, 3.63) is 29.3 Å². The highest BCUT2D eigenvalue weighted by atomic mass is 35.5. The molecule has 0 saturated heterocycles. The molecular formula is C15H19ClN2O. The second kappa shape index (κ2) is 5.04. The number of anilines is 1. The fourth-order valence-corrected chi connectivity index (χ4v) is 3.49. The van der Waals surface area contributed by atoms with Gasteiger partial charge < -0.3 is 10.2 Å². The van der Waals surface area contributed by atoms with Crippen molar-refractivity contribution in [3.63, 3.8) is 0 Å². The topological polar surface area (TPSA) is 32.3 Å². The lowest BCUT2D eigenvalue weighted by atomic mass is 9.95. The van der Waals surface area contributed by atoms with E-state index in [9.17, 15) is 4.79 Å². The van der Waals surface area contributed by atoms with Crippen molar-refractivity contribution >= 4 is 23.3 Å². The van der Waals surface area contributed by atoms with E-state index in [0.29, 0.717) is 12.5 Å². The summed E-state index contributed by atoms with van der Waals surface area (Å²) in [6, 6.07) is 6.15. The Morgan fingerprint density at radius 3 is 2.84 bits per heavy atom. The summed E-state index contributed by atoms with van der Waals surface area (Å²) in [4.78, 5) is 13.3. The normalized spacial score (nSPS) is 21.2. The number of carbonyl (C=O) groups is 1. The minimum Gasteiger partial charge on any atom is -0.323 e. The zero-order chi connectivity index (χ0) is 13.4. The van der Waals surface area contributed by atoms with Gasteiger partial charge in [0.15, 0.2) is 0 Å². The van der Waals surface area contributed by atoms with Gasteiger partial charge in [-0.1, -0.05) is 25.0 Å². The lowest BCUT2D eigenvalue weighted by molar-refractivity contribution is 0.218. The molecule has 0 bridgehead atoms. The van der Waals surface area contributed by atoms with Crippen LogP contribution in [-0.2, 0) is 6.54 Å². The summed E-state index contributed by atoms with van der Waals surface area (Å²) >= 11 is 6.62. The van der Waals surface area contributed by atoms with Crippen LogP contribution in [0.3, 0.4) is 0 Å². The Hall–Kier alpha value is -1.22. The molecule has 2 aliphatic rings. The van der Waals surface area contributed by atoms with Crippen LogP contribution >= 0.6 is 11.6 Å². The molecule has 102 valence electrons. The van der Waals surface area contributed by atoms with Crippen molar-refractivity contribution in [1.29, 1.82) is 0 Å². The summed E-state index contributed by atoms with van der Waals surface area (Å²) in [5, 5.41) is 3.00. The first-order valence-corrected chi connectivity index (χ1v) is 7.38. The molecule has 19 heavy (non-hydrogen) atoms. The van der Waals surface area contributed by atoms with Crippen LogP contribution in [0.4, 0.5) is 10.5 Å². The summed E-state index contributed by atoms with van der Waals surface area (Å²) in [5.74, 6) is 0.607. The van der Waals surface area contributed by atoms with Crippen LogP contribution in [0.15, 0.2) is 18.2 Å². The number of nitrogens with one attached hydrogen (secondary N) is 1. The van der Waals surface area contributed by atoms with Gasteiger partial charge in [-0.05, 0) is 36.0 Å². The van der Waals surface area contributed by atoms with E-state index in [1.54, 1.807) is 11.9 Å². The number of halogens is 1. The highest BCUT2D eigenvalue weighted by Crippen LogP contribution is 2.41. The first kappa shape index (κ1) is 12.8. The Labute approximate surface area is 118 Å². The van der Waals surface area contributed by atoms with E-state index in [1.807, 2.05) is 6.07 Å². The fraction of sp³-hybridized carbons (Fsp3) is 0.533. The molecule has 1 N–H and O–H groups in total. The van der Waals surface area contributed by atoms with Crippen molar-refractivity contribution in [2.24, 2.45) is 5.92 Å². The number of amides is 2. The molecule has 1 aliphatic heterocycles. The number of carbonyl (C=O) groups excluding carboxylic acids is 1. The third kappa shape index (κ3) is 2.44. The van der Waals surface area contributed by atoms with Gasteiger partial charge in [-0.2, -0.15) is 0 Å². The van der Waals surface area contributed by atoms with Crippen molar-refractivity contribution in [2.75, 3.05) is 12.4 Å². The molecule has 1 aromatic rings. The molecule has 1 saturated carbocycles. The van der Waals surface area contributed by atoms with Gasteiger partial charge >= 0.3 is 6.03 Å². The molecule has 4 heteroatoms. The molecule has 3 rings (SSSR count). The van der Waals surface area contributed by atoms with Gasteiger partial charge in [0.25, 0.3) is 0 Å². The van der Waals surface area contributed by atoms with Crippen molar-refractivity contribution in [1.82, 2.24) is 4.90 Å². The Kier molecular flexibility index (Phi) is 3.40. The van der Waals surface area contributed by atoms with E-state index in [0.717, 1.165) is 11.3 Å². The highest BCUT2D eigenvalue weighted by Gasteiger charge is 2.26. The van der Waals surface area contributed by atoms with Crippen molar-refractivity contribution in [3.8, 4) is 0 Å². The number of urea groups is 1. The number of alkyl halides is 1. The average Bonchev–Trinajstić information content (AvgIpc) is 2.93. The van der Waals surface area contributed by atoms with E-state index in [4.69, 9.17) is 11.6 Å².